The van der Waals surface area contributed by atoms with E-state index in [0.717, 1.165) is 11.6 Å². The van der Waals surface area contributed by atoms with E-state index in [2.05, 4.69) is 10.4 Å². The highest BCUT2D eigenvalue weighted by molar-refractivity contribution is 7.89. The smallest absolute Gasteiger partial charge is 0.245 e. The third kappa shape index (κ3) is 4.73. The molecule has 0 spiro atoms. The molecule has 4 rings (SSSR count). The second kappa shape index (κ2) is 9.22. The SMILES string of the molecule is Cc1ccc(Cn2nccc2NC(=O)C2CCN(S(=O)(=O)c3ccccc3F)CC2)cc1. The molecule has 0 aliphatic carbocycles. The van der Waals surface area contributed by atoms with Gasteiger partial charge in [0.2, 0.25) is 15.9 Å². The number of piperidine rings is 1. The molecule has 2 heterocycles. The van der Waals surface area contributed by atoms with Crippen LogP contribution in [0.15, 0.2) is 65.7 Å². The maximum Gasteiger partial charge on any atom is 0.245 e. The zero-order chi connectivity index (χ0) is 22.7. The summed E-state index contributed by atoms with van der Waals surface area (Å²) in [4.78, 5) is 12.5. The summed E-state index contributed by atoms with van der Waals surface area (Å²) in [6.45, 7) is 2.88. The van der Waals surface area contributed by atoms with Crippen molar-refractivity contribution in [3.05, 3.63) is 77.7 Å². The van der Waals surface area contributed by atoms with Crippen molar-refractivity contribution < 1.29 is 17.6 Å². The quantitative estimate of drug-likeness (QED) is 0.616. The molecule has 1 saturated heterocycles. The number of hydrogen-bond acceptors (Lipinski definition) is 4. The normalized spacial score (nSPS) is 15.6. The number of anilines is 1. The Hall–Kier alpha value is -3.04. The number of hydrogen-bond donors (Lipinski definition) is 1. The highest BCUT2D eigenvalue weighted by Gasteiger charge is 2.33. The van der Waals surface area contributed by atoms with Crippen LogP contribution in [0.2, 0.25) is 0 Å². The first-order chi connectivity index (χ1) is 15.3. The molecule has 0 unspecified atom stereocenters. The largest absolute Gasteiger partial charge is 0.311 e. The molecular weight excluding hydrogens is 431 g/mol. The highest BCUT2D eigenvalue weighted by atomic mass is 32.2. The molecule has 3 aromatic rings. The number of amides is 1. The molecule has 1 aromatic heterocycles. The Bertz CT molecular complexity index is 1200. The maximum atomic E-state index is 14.0. The molecular formula is C23H25FN4O3S. The predicted octanol–water partition coefficient (Wildman–Crippen LogP) is 3.42. The van der Waals surface area contributed by atoms with Crippen molar-refractivity contribution in [2.45, 2.75) is 31.2 Å². The molecule has 2 aromatic carbocycles. The Balaban J connectivity index is 1.37. The van der Waals surface area contributed by atoms with Gasteiger partial charge in [-0.25, -0.2) is 17.5 Å². The fourth-order valence-corrected chi connectivity index (χ4v) is 5.35. The Kier molecular flexibility index (Phi) is 6.38. The average molecular weight is 457 g/mol. The molecule has 7 nitrogen and oxygen atoms in total. The van der Waals surface area contributed by atoms with Crippen LogP contribution in [0.1, 0.15) is 24.0 Å². The first-order valence-electron chi connectivity index (χ1n) is 10.5. The summed E-state index contributed by atoms with van der Waals surface area (Å²) in [6.07, 6.45) is 2.37. The molecule has 9 heteroatoms. The van der Waals surface area contributed by atoms with Crippen molar-refractivity contribution in [1.29, 1.82) is 0 Å². The van der Waals surface area contributed by atoms with E-state index in [9.17, 15) is 17.6 Å². The fraction of sp³-hybridized carbons (Fsp3) is 0.304. The number of nitrogens with one attached hydrogen (secondary N) is 1. The first kappa shape index (κ1) is 22.2. The Morgan fingerprint density at radius 2 is 1.78 bits per heavy atom. The Morgan fingerprint density at radius 1 is 1.09 bits per heavy atom. The molecule has 168 valence electrons. The predicted molar refractivity (Wildman–Crippen MR) is 119 cm³/mol. The van der Waals surface area contributed by atoms with E-state index in [1.165, 1.54) is 28.1 Å². The van der Waals surface area contributed by atoms with E-state index in [-0.39, 0.29) is 29.8 Å². The van der Waals surface area contributed by atoms with E-state index in [1.807, 2.05) is 31.2 Å². The van der Waals surface area contributed by atoms with Crippen LogP contribution in [0.25, 0.3) is 0 Å². The Morgan fingerprint density at radius 3 is 2.47 bits per heavy atom. The molecule has 1 aliphatic rings. The minimum Gasteiger partial charge on any atom is -0.311 e. The van der Waals surface area contributed by atoms with Gasteiger partial charge in [-0.05, 0) is 37.5 Å². The van der Waals surface area contributed by atoms with Crippen molar-refractivity contribution in [2.75, 3.05) is 18.4 Å². The molecule has 1 aliphatic heterocycles. The van der Waals surface area contributed by atoms with Gasteiger partial charge >= 0.3 is 0 Å². The van der Waals surface area contributed by atoms with E-state index in [1.54, 1.807) is 16.9 Å². The van der Waals surface area contributed by atoms with Crippen LogP contribution in [-0.4, -0.2) is 41.5 Å². The summed E-state index contributed by atoms with van der Waals surface area (Å²) in [5, 5.41) is 7.22. The van der Waals surface area contributed by atoms with Crippen LogP contribution in [-0.2, 0) is 21.4 Å². The van der Waals surface area contributed by atoms with Gasteiger partial charge in [-0.1, -0.05) is 42.0 Å². The van der Waals surface area contributed by atoms with Crippen molar-refractivity contribution in [2.24, 2.45) is 5.92 Å². The summed E-state index contributed by atoms with van der Waals surface area (Å²) in [6, 6.07) is 15.2. The third-order valence-electron chi connectivity index (χ3n) is 5.70. The van der Waals surface area contributed by atoms with Crippen LogP contribution in [0, 0.1) is 18.7 Å². The molecule has 0 atom stereocenters. The maximum absolute atomic E-state index is 14.0. The van der Waals surface area contributed by atoms with Crippen molar-refractivity contribution in [3.63, 3.8) is 0 Å². The van der Waals surface area contributed by atoms with E-state index >= 15 is 0 Å². The molecule has 0 bridgehead atoms. The lowest BCUT2D eigenvalue weighted by Gasteiger charge is -2.30. The van der Waals surface area contributed by atoms with Crippen LogP contribution in [0.5, 0.6) is 0 Å². The van der Waals surface area contributed by atoms with Gasteiger partial charge in [-0.2, -0.15) is 9.40 Å². The van der Waals surface area contributed by atoms with E-state index in [4.69, 9.17) is 0 Å². The summed E-state index contributed by atoms with van der Waals surface area (Å²) in [7, 11) is -3.92. The van der Waals surface area contributed by atoms with E-state index in [0.29, 0.717) is 25.2 Å². The molecule has 0 saturated carbocycles. The lowest BCUT2D eigenvalue weighted by Crippen LogP contribution is -2.41. The highest BCUT2D eigenvalue weighted by Crippen LogP contribution is 2.26. The van der Waals surface area contributed by atoms with Gasteiger partial charge in [-0.15, -0.1) is 0 Å². The lowest BCUT2D eigenvalue weighted by molar-refractivity contribution is -0.121. The molecule has 1 N–H and O–H groups in total. The van der Waals surface area contributed by atoms with Gasteiger partial charge in [0.1, 0.15) is 16.5 Å². The third-order valence-corrected chi connectivity index (χ3v) is 7.63. The zero-order valence-corrected chi connectivity index (χ0v) is 18.6. The number of nitrogens with zero attached hydrogens (tertiary/aromatic N) is 3. The topological polar surface area (TPSA) is 84.3 Å². The van der Waals surface area contributed by atoms with Crippen LogP contribution in [0.3, 0.4) is 0 Å². The van der Waals surface area contributed by atoms with Crippen molar-refractivity contribution in [3.8, 4) is 0 Å². The van der Waals surface area contributed by atoms with Crippen molar-refractivity contribution >= 4 is 21.7 Å². The number of rotatable bonds is 6. The molecule has 1 amide bonds. The van der Waals surface area contributed by atoms with Crippen molar-refractivity contribution in [1.82, 2.24) is 14.1 Å². The second-order valence-electron chi connectivity index (χ2n) is 7.96. The Labute approximate surface area is 186 Å². The monoisotopic (exact) mass is 456 g/mol. The van der Waals surface area contributed by atoms with Gasteiger partial charge in [-0.3, -0.25) is 4.79 Å². The minimum atomic E-state index is -3.92. The van der Waals surface area contributed by atoms with Gasteiger partial charge in [0, 0.05) is 25.1 Å². The van der Waals surface area contributed by atoms with E-state index < -0.39 is 15.8 Å². The number of aromatic nitrogens is 2. The fourth-order valence-electron chi connectivity index (χ4n) is 3.81. The summed E-state index contributed by atoms with van der Waals surface area (Å²) in [5.74, 6) is -0.672. The van der Waals surface area contributed by atoms with Gasteiger partial charge in [0.05, 0.1) is 12.7 Å². The van der Waals surface area contributed by atoms with Crippen LogP contribution in [0.4, 0.5) is 10.2 Å². The van der Waals surface area contributed by atoms with Crippen LogP contribution < -0.4 is 5.32 Å². The summed E-state index contributed by atoms with van der Waals surface area (Å²) in [5.41, 5.74) is 2.24. The first-order valence-corrected chi connectivity index (χ1v) is 11.9. The summed E-state index contributed by atoms with van der Waals surface area (Å²) >= 11 is 0. The number of carbonyl (C=O) groups is 1. The van der Waals surface area contributed by atoms with Crippen LogP contribution >= 0.6 is 0 Å². The number of aryl methyl sites for hydroxylation is 1. The standard InChI is InChI=1S/C23H25FN4O3S/c1-17-6-8-18(9-7-17)16-28-22(10-13-25-28)26-23(29)19-11-14-27(15-12-19)32(30,31)21-5-3-2-4-20(21)24/h2-10,13,19H,11-12,14-16H2,1H3,(H,26,29). The molecule has 1 fully saturated rings. The van der Waals surface area contributed by atoms with Gasteiger partial charge < -0.3 is 5.32 Å². The second-order valence-corrected chi connectivity index (χ2v) is 9.86. The number of benzene rings is 2. The minimum absolute atomic E-state index is 0.164. The molecule has 0 radical (unpaired) electrons. The zero-order valence-electron chi connectivity index (χ0n) is 17.7. The lowest BCUT2D eigenvalue weighted by atomic mass is 9.97. The van der Waals surface area contributed by atoms with Gasteiger partial charge in [0.15, 0.2) is 0 Å². The number of sulfonamides is 1. The van der Waals surface area contributed by atoms with Gasteiger partial charge in [0.25, 0.3) is 0 Å². The summed E-state index contributed by atoms with van der Waals surface area (Å²) < 4.78 is 42.5. The molecule has 32 heavy (non-hydrogen) atoms. The average Bonchev–Trinajstić information content (AvgIpc) is 3.22. The number of halogens is 1. The number of carbonyl (C=O) groups excluding carboxylic acids is 1.